The minimum atomic E-state index is -0.651. The van der Waals surface area contributed by atoms with E-state index in [0.717, 1.165) is 24.1 Å². The van der Waals surface area contributed by atoms with E-state index in [-0.39, 0.29) is 11.6 Å². The van der Waals surface area contributed by atoms with E-state index in [4.69, 9.17) is 16.0 Å². The van der Waals surface area contributed by atoms with Gasteiger partial charge in [-0.25, -0.2) is 4.79 Å². The van der Waals surface area contributed by atoms with Gasteiger partial charge >= 0.3 is 5.63 Å². The van der Waals surface area contributed by atoms with Crippen LogP contribution in [0.5, 0.6) is 0 Å². The van der Waals surface area contributed by atoms with Crippen molar-refractivity contribution in [3.8, 4) is 0 Å². The normalized spacial score (nSPS) is 16.8. The minimum Gasteiger partial charge on any atom is -0.422 e. The number of carbonyl (C=O) groups is 1. The zero-order valence-electron chi connectivity index (χ0n) is 12.6. The van der Waals surface area contributed by atoms with E-state index in [2.05, 4.69) is 15.5 Å². The largest absolute Gasteiger partial charge is 0.422 e. The van der Waals surface area contributed by atoms with Gasteiger partial charge in [0.05, 0.1) is 6.20 Å². The second-order valence-electron chi connectivity index (χ2n) is 5.92. The monoisotopic (exact) mass is 343 g/mol. The van der Waals surface area contributed by atoms with E-state index in [1.54, 1.807) is 24.4 Å². The van der Waals surface area contributed by atoms with E-state index in [1.807, 2.05) is 0 Å². The molecule has 1 aliphatic carbocycles. The maximum atomic E-state index is 12.5. The molecule has 0 spiro atoms. The first-order valence-electron chi connectivity index (χ1n) is 7.65. The van der Waals surface area contributed by atoms with Crippen LogP contribution < -0.4 is 10.9 Å². The molecule has 0 bridgehead atoms. The average Bonchev–Trinajstić information content (AvgIpc) is 3.02. The van der Waals surface area contributed by atoms with Crippen molar-refractivity contribution in [2.75, 3.05) is 0 Å². The Labute approximate surface area is 141 Å². The number of halogens is 1. The van der Waals surface area contributed by atoms with E-state index >= 15 is 0 Å². The summed E-state index contributed by atoms with van der Waals surface area (Å²) in [5, 5.41) is 11.0. The van der Waals surface area contributed by atoms with Crippen molar-refractivity contribution in [2.45, 2.75) is 25.3 Å². The number of H-pyrrole nitrogens is 1. The Morgan fingerprint density at radius 1 is 1.38 bits per heavy atom. The molecule has 0 radical (unpaired) electrons. The molecule has 0 fully saturated rings. The molecule has 7 heteroatoms. The van der Waals surface area contributed by atoms with Gasteiger partial charge in [0.15, 0.2) is 0 Å². The molecule has 2 N–H and O–H groups in total. The molecule has 24 heavy (non-hydrogen) atoms. The zero-order chi connectivity index (χ0) is 16.7. The summed E-state index contributed by atoms with van der Waals surface area (Å²) < 4.78 is 5.21. The van der Waals surface area contributed by atoms with Gasteiger partial charge in [-0.3, -0.25) is 9.89 Å². The third-order valence-corrected chi connectivity index (χ3v) is 4.53. The van der Waals surface area contributed by atoms with Gasteiger partial charge in [0.2, 0.25) is 0 Å². The summed E-state index contributed by atoms with van der Waals surface area (Å²) >= 11 is 5.95. The Bertz CT molecular complexity index is 992. The molecule has 1 aliphatic rings. The average molecular weight is 344 g/mol. The van der Waals surface area contributed by atoms with Crippen LogP contribution >= 0.6 is 11.6 Å². The number of nitrogens with zero attached hydrogens (tertiary/aromatic N) is 1. The molecule has 1 unspecified atom stereocenters. The molecule has 6 nitrogen and oxygen atoms in total. The Hall–Kier alpha value is -2.60. The Kier molecular flexibility index (Phi) is 3.61. The summed E-state index contributed by atoms with van der Waals surface area (Å²) in [6.07, 6.45) is 4.09. The van der Waals surface area contributed by atoms with Gasteiger partial charge in [-0.05, 0) is 49.1 Å². The lowest BCUT2D eigenvalue weighted by molar-refractivity contribution is 0.0930. The first-order valence-corrected chi connectivity index (χ1v) is 8.03. The lowest BCUT2D eigenvalue weighted by Gasteiger charge is -2.22. The molecular formula is C17H14ClN3O3. The zero-order valence-corrected chi connectivity index (χ0v) is 13.4. The number of carbonyl (C=O) groups excluding carboxylic acids is 1. The Balaban J connectivity index is 1.59. The van der Waals surface area contributed by atoms with Crippen molar-refractivity contribution < 1.29 is 9.21 Å². The number of aromatic nitrogens is 2. The van der Waals surface area contributed by atoms with Gasteiger partial charge in [0.1, 0.15) is 11.1 Å². The maximum Gasteiger partial charge on any atom is 0.349 e. The van der Waals surface area contributed by atoms with Gasteiger partial charge < -0.3 is 9.73 Å². The molecule has 1 aromatic carbocycles. The lowest BCUT2D eigenvalue weighted by Crippen LogP contribution is -2.40. The summed E-state index contributed by atoms with van der Waals surface area (Å²) in [6.45, 7) is 0. The summed E-state index contributed by atoms with van der Waals surface area (Å²) in [5.74, 6) is -0.428. The fraction of sp³-hybridized carbons (Fsp3) is 0.235. The molecule has 3 aromatic rings. The smallest absolute Gasteiger partial charge is 0.349 e. The number of nitrogens with one attached hydrogen (secondary N) is 2. The molecule has 0 saturated heterocycles. The minimum absolute atomic E-state index is 0.0113. The topological polar surface area (TPSA) is 88.0 Å². The number of rotatable bonds is 2. The highest BCUT2D eigenvalue weighted by Crippen LogP contribution is 2.21. The Morgan fingerprint density at radius 3 is 3.12 bits per heavy atom. The van der Waals surface area contributed by atoms with Gasteiger partial charge in [-0.2, -0.15) is 5.10 Å². The Morgan fingerprint density at radius 2 is 2.25 bits per heavy atom. The third-order valence-electron chi connectivity index (χ3n) is 4.29. The lowest BCUT2D eigenvalue weighted by atomic mass is 9.93. The molecule has 2 heterocycles. The van der Waals surface area contributed by atoms with Crippen molar-refractivity contribution >= 4 is 28.5 Å². The van der Waals surface area contributed by atoms with Crippen LogP contribution in [0.25, 0.3) is 11.0 Å². The number of amides is 1. The van der Waals surface area contributed by atoms with Crippen LogP contribution in [0.4, 0.5) is 0 Å². The fourth-order valence-corrected chi connectivity index (χ4v) is 3.24. The second kappa shape index (κ2) is 5.79. The number of hydrogen-bond donors (Lipinski definition) is 2. The van der Waals surface area contributed by atoms with Crippen LogP contribution in [-0.2, 0) is 12.8 Å². The summed E-state index contributed by atoms with van der Waals surface area (Å²) in [4.78, 5) is 24.6. The van der Waals surface area contributed by atoms with Crippen molar-refractivity contribution in [1.82, 2.24) is 15.5 Å². The SMILES string of the molecule is O=C(NC1CCc2[nH]ncc2C1)c1cc2cc(Cl)ccc2oc1=O. The van der Waals surface area contributed by atoms with Crippen molar-refractivity contribution in [2.24, 2.45) is 0 Å². The second-order valence-corrected chi connectivity index (χ2v) is 6.35. The van der Waals surface area contributed by atoms with Gasteiger partial charge in [-0.1, -0.05) is 11.6 Å². The third kappa shape index (κ3) is 2.69. The molecule has 4 rings (SSSR count). The number of fused-ring (bicyclic) bond motifs is 2. The quantitative estimate of drug-likeness (QED) is 0.700. The van der Waals surface area contributed by atoms with Crippen molar-refractivity contribution in [3.05, 3.63) is 62.7 Å². The van der Waals surface area contributed by atoms with E-state index < -0.39 is 11.5 Å². The van der Waals surface area contributed by atoms with E-state index in [0.29, 0.717) is 22.4 Å². The molecule has 1 atom stereocenters. The highest BCUT2D eigenvalue weighted by Gasteiger charge is 2.23. The number of benzene rings is 1. The molecule has 0 aliphatic heterocycles. The summed E-state index contributed by atoms with van der Waals surface area (Å²) in [5.41, 5.74) is 1.95. The molecule has 122 valence electrons. The number of aryl methyl sites for hydroxylation is 1. The van der Waals surface area contributed by atoms with Crippen LogP contribution in [0.1, 0.15) is 28.0 Å². The number of aromatic amines is 1. The first kappa shape index (κ1) is 15.0. The molecule has 1 amide bonds. The van der Waals surface area contributed by atoms with Gasteiger partial charge in [0, 0.05) is 22.1 Å². The van der Waals surface area contributed by atoms with Crippen molar-refractivity contribution in [1.29, 1.82) is 0 Å². The molecule has 2 aromatic heterocycles. The standard InChI is InChI=1S/C17H14ClN3O3/c18-11-1-4-15-9(5-11)7-13(17(23)24-15)16(22)20-12-2-3-14-10(6-12)8-19-21-14/h1,4-5,7-8,12H,2-3,6H2,(H,19,21)(H,20,22). The van der Waals surface area contributed by atoms with Gasteiger partial charge in [0.25, 0.3) is 5.91 Å². The van der Waals surface area contributed by atoms with Gasteiger partial charge in [-0.15, -0.1) is 0 Å². The first-order chi connectivity index (χ1) is 11.6. The maximum absolute atomic E-state index is 12.5. The summed E-state index contributed by atoms with van der Waals surface area (Å²) in [7, 11) is 0. The van der Waals surface area contributed by atoms with E-state index in [1.165, 1.54) is 6.07 Å². The van der Waals surface area contributed by atoms with Crippen molar-refractivity contribution in [3.63, 3.8) is 0 Å². The van der Waals surface area contributed by atoms with E-state index in [9.17, 15) is 9.59 Å². The van der Waals surface area contributed by atoms with Crippen LogP contribution in [0.15, 0.2) is 39.7 Å². The molecular weight excluding hydrogens is 330 g/mol. The number of hydrogen-bond acceptors (Lipinski definition) is 4. The highest BCUT2D eigenvalue weighted by molar-refractivity contribution is 6.31. The highest BCUT2D eigenvalue weighted by atomic mass is 35.5. The molecule has 0 saturated carbocycles. The van der Waals surface area contributed by atoms with Crippen LogP contribution in [-0.4, -0.2) is 22.1 Å². The summed E-state index contributed by atoms with van der Waals surface area (Å²) in [6, 6.07) is 6.40. The van der Waals surface area contributed by atoms with Crippen LogP contribution in [0, 0.1) is 0 Å². The predicted octanol–water partition coefficient (Wildman–Crippen LogP) is 2.46. The predicted molar refractivity (Wildman–Crippen MR) is 89.4 cm³/mol. The van der Waals surface area contributed by atoms with Crippen LogP contribution in [0.2, 0.25) is 5.02 Å². The van der Waals surface area contributed by atoms with Crippen LogP contribution in [0.3, 0.4) is 0 Å². The fourth-order valence-electron chi connectivity index (χ4n) is 3.06.